The van der Waals surface area contributed by atoms with Gasteiger partial charge in [0.25, 0.3) is 0 Å². The van der Waals surface area contributed by atoms with Gasteiger partial charge in [-0.05, 0) is 72.9 Å². The van der Waals surface area contributed by atoms with Crippen molar-refractivity contribution in [3.05, 3.63) is 48.0 Å². The number of hydrogen-bond donors (Lipinski definition) is 1. The van der Waals surface area contributed by atoms with Crippen molar-refractivity contribution < 1.29 is 0 Å². The van der Waals surface area contributed by atoms with Crippen LogP contribution in [-0.4, -0.2) is 13.6 Å². The van der Waals surface area contributed by atoms with Gasteiger partial charge in [0.15, 0.2) is 0 Å². The van der Waals surface area contributed by atoms with Crippen molar-refractivity contribution in [2.24, 2.45) is 17.8 Å². The zero-order valence-electron chi connectivity index (χ0n) is 12.2. The van der Waals surface area contributed by atoms with E-state index >= 15 is 0 Å². The molecule has 0 radical (unpaired) electrons. The van der Waals surface area contributed by atoms with Crippen molar-refractivity contribution in [3.63, 3.8) is 0 Å². The van der Waals surface area contributed by atoms with E-state index in [0.717, 1.165) is 23.7 Å². The van der Waals surface area contributed by atoms with E-state index in [-0.39, 0.29) is 0 Å². The summed E-state index contributed by atoms with van der Waals surface area (Å²) in [6.45, 7) is 1.18. The van der Waals surface area contributed by atoms with E-state index in [9.17, 15) is 0 Å². The second-order valence-corrected chi connectivity index (χ2v) is 6.69. The van der Waals surface area contributed by atoms with Crippen LogP contribution >= 0.6 is 0 Å². The number of fused-ring (bicyclic) bond motifs is 3. The molecule has 2 fully saturated rings. The van der Waals surface area contributed by atoms with E-state index in [2.05, 4.69) is 54.8 Å². The molecule has 1 N–H and O–H groups in total. The summed E-state index contributed by atoms with van der Waals surface area (Å²) in [5.74, 6) is 3.52. The average molecular weight is 265 g/mol. The van der Waals surface area contributed by atoms with E-state index in [4.69, 9.17) is 0 Å². The molecule has 1 nitrogen and oxygen atoms in total. The van der Waals surface area contributed by atoms with Gasteiger partial charge in [-0.15, -0.1) is 0 Å². The first-order valence-corrected chi connectivity index (χ1v) is 8.00. The number of hydrogen-bond acceptors (Lipinski definition) is 1. The molecule has 20 heavy (non-hydrogen) atoms. The normalized spacial score (nSPS) is 32.0. The van der Waals surface area contributed by atoms with Crippen LogP contribution in [0.3, 0.4) is 0 Å². The summed E-state index contributed by atoms with van der Waals surface area (Å²) < 4.78 is 0. The van der Waals surface area contributed by atoms with Crippen molar-refractivity contribution in [3.8, 4) is 0 Å². The van der Waals surface area contributed by atoms with Gasteiger partial charge in [0.1, 0.15) is 0 Å². The third-order valence-electron chi connectivity index (χ3n) is 5.69. The molecule has 4 rings (SSSR count). The Morgan fingerprint density at radius 2 is 1.80 bits per heavy atom. The third-order valence-corrected chi connectivity index (χ3v) is 5.69. The second-order valence-electron chi connectivity index (χ2n) is 6.69. The van der Waals surface area contributed by atoms with Gasteiger partial charge < -0.3 is 5.32 Å². The molecule has 0 spiro atoms. The molecule has 2 saturated carbocycles. The summed E-state index contributed by atoms with van der Waals surface area (Å²) in [6.07, 6.45) is 4.37. The van der Waals surface area contributed by atoms with Crippen LogP contribution in [0.4, 0.5) is 0 Å². The number of benzene rings is 2. The Morgan fingerprint density at radius 3 is 2.65 bits per heavy atom. The van der Waals surface area contributed by atoms with E-state index in [1.54, 1.807) is 5.56 Å². The van der Waals surface area contributed by atoms with Crippen LogP contribution in [0, 0.1) is 17.8 Å². The Kier molecular flexibility index (Phi) is 3.03. The van der Waals surface area contributed by atoms with E-state index < -0.39 is 0 Å². The largest absolute Gasteiger partial charge is 0.319 e. The van der Waals surface area contributed by atoms with E-state index in [1.807, 2.05) is 0 Å². The maximum atomic E-state index is 3.43. The molecule has 1 heteroatoms. The van der Waals surface area contributed by atoms with Crippen molar-refractivity contribution in [1.82, 2.24) is 5.32 Å². The van der Waals surface area contributed by atoms with Crippen LogP contribution in [0.15, 0.2) is 42.5 Å². The molecule has 2 aromatic rings. The fraction of sp³-hybridized carbons (Fsp3) is 0.474. The first kappa shape index (κ1) is 12.4. The van der Waals surface area contributed by atoms with Gasteiger partial charge in [-0.1, -0.05) is 42.5 Å². The Morgan fingerprint density at radius 1 is 1.00 bits per heavy atom. The molecule has 0 amide bonds. The van der Waals surface area contributed by atoms with E-state index in [1.165, 1.54) is 36.6 Å². The monoisotopic (exact) mass is 265 g/mol. The molecule has 0 aromatic heterocycles. The standard InChI is InChI=1S/C19H23N/c1-20-12-18-15-7-9-17(11-15)19(18)16-8-6-13-4-2-3-5-14(13)10-16/h2-6,8,10,15,17-20H,7,9,11-12H2,1H3/t15-,17+,18+,19+/m1/s1. The average Bonchev–Trinajstić information content (AvgIpc) is 3.08. The molecule has 0 saturated heterocycles. The number of rotatable bonds is 3. The molecule has 0 heterocycles. The maximum absolute atomic E-state index is 3.43. The van der Waals surface area contributed by atoms with Crippen LogP contribution in [0.5, 0.6) is 0 Å². The molecule has 2 aromatic carbocycles. The minimum atomic E-state index is 0.783. The van der Waals surface area contributed by atoms with Crippen molar-refractivity contribution in [1.29, 1.82) is 0 Å². The van der Waals surface area contributed by atoms with Crippen LogP contribution in [-0.2, 0) is 0 Å². The molecule has 0 unspecified atom stereocenters. The summed E-state index contributed by atoms with van der Waals surface area (Å²) in [4.78, 5) is 0. The Labute approximate surface area is 121 Å². The lowest BCUT2D eigenvalue weighted by Crippen LogP contribution is -2.29. The molecule has 104 valence electrons. The molecule has 0 aliphatic heterocycles. The predicted octanol–water partition coefficient (Wildman–Crippen LogP) is 4.19. The van der Waals surface area contributed by atoms with Crippen molar-refractivity contribution in [2.75, 3.05) is 13.6 Å². The van der Waals surface area contributed by atoms with Crippen LogP contribution in [0.25, 0.3) is 10.8 Å². The highest BCUT2D eigenvalue weighted by Crippen LogP contribution is 2.56. The van der Waals surface area contributed by atoms with Gasteiger partial charge in [-0.2, -0.15) is 0 Å². The van der Waals surface area contributed by atoms with Crippen molar-refractivity contribution >= 4 is 10.8 Å². The number of nitrogens with one attached hydrogen (secondary N) is 1. The molecular weight excluding hydrogens is 242 g/mol. The quantitative estimate of drug-likeness (QED) is 0.877. The first-order chi connectivity index (χ1) is 9.86. The molecular formula is C19H23N. The zero-order chi connectivity index (χ0) is 13.5. The Bertz CT molecular complexity index is 618. The molecule has 4 atom stereocenters. The summed E-state index contributed by atoms with van der Waals surface area (Å²) in [5, 5.41) is 6.20. The molecule has 2 bridgehead atoms. The van der Waals surface area contributed by atoms with Gasteiger partial charge in [-0.25, -0.2) is 0 Å². The SMILES string of the molecule is CNC[C@H]1[C@@H]2CC[C@@H](C2)[C@@H]1c1ccc2ccccc2c1. The highest BCUT2D eigenvalue weighted by atomic mass is 14.8. The highest BCUT2D eigenvalue weighted by molar-refractivity contribution is 5.83. The van der Waals surface area contributed by atoms with Crippen LogP contribution in [0.1, 0.15) is 30.7 Å². The van der Waals surface area contributed by atoms with Gasteiger partial charge in [0, 0.05) is 0 Å². The fourth-order valence-electron chi connectivity index (χ4n) is 4.87. The van der Waals surface area contributed by atoms with Crippen LogP contribution in [0.2, 0.25) is 0 Å². The third kappa shape index (κ3) is 1.88. The second kappa shape index (κ2) is 4.89. The van der Waals surface area contributed by atoms with Gasteiger partial charge in [0.05, 0.1) is 0 Å². The van der Waals surface area contributed by atoms with Gasteiger partial charge in [-0.3, -0.25) is 0 Å². The maximum Gasteiger partial charge on any atom is -0.00149 e. The lowest BCUT2D eigenvalue weighted by atomic mass is 9.75. The van der Waals surface area contributed by atoms with Crippen molar-refractivity contribution in [2.45, 2.75) is 25.2 Å². The summed E-state index contributed by atoms with van der Waals surface area (Å²) in [6, 6.07) is 15.9. The summed E-state index contributed by atoms with van der Waals surface area (Å²) >= 11 is 0. The minimum Gasteiger partial charge on any atom is -0.319 e. The Balaban J connectivity index is 1.73. The van der Waals surface area contributed by atoms with Gasteiger partial charge >= 0.3 is 0 Å². The zero-order valence-corrected chi connectivity index (χ0v) is 12.2. The fourth-order valence-corrected chi connectivity index (χ4v) is 4.87. The molecule has 2 aliphatic carbocycles. The molecule has 2 aliphatic rings. The minimum absolute atomic E-state index is 0.783. The summed E-state index contributed by atoms with van der Waals surface area (Å²) in [7, 11) is 2.10. The van der Waals surface area contributed by atoms with Crippen LogP contribution < -0.4 is 5.32 Å². The Hall–Kier alpha value is -1.34. The van der Waals surface area contributed by atoms with Gasteiger partial charge in [0.2, 0.25) is 0 Å². The summed E-state index contributed by atoms with van der Waals surface area (Å²) in [5.41, 5.74) is 1.58. The first-order valence-electron chi connectivity index (χ1n) is 8.00. The van der Waals surface area contributed by atoms with E-state index in [0.29, 0.717) is 0 Å². The lowest BCUT2D eigenvalue weighted by molar-refractivity contribution is 0.282. The predicted molar refractivity (Wildman–Crippen MR) is 84.9 cm³/mol. The lowest BCUT2D eigenvalue weighted by Gasteiger charge is -2.31. The smallest absolute Gasteiger partial charge is 0.00149 e. The topological polar surface area (TPSA) is 12.0 Å². The highest BCUT2D eigenvalue weighted by Gasteiger charge is 2.47.